The van der Waals surface area contributed by atoms with Crippen LogP contribution < -0.4 is 5.32 Å². The Balaban J connectivity index is 2.30. The van der Waals surface area contributed by atoms with Crippen molar-refractivity contribution in [3.63, 3.8) is 0 Å². The highest BCUT2D eigenvalue weighted by Crippen LogP contribution is 2.25. The van der Waals surface area contributed by atoms with Crippen molar-refractivity contribution in [3.05, 3.63) is 52.1 Å². The number of nitro groups is 1. The molecule has 2 aromatic rings. The maximum absolute atomic E-state index is 10.9. The van der Waals surface area contributed by atoms with Gasteiger partial charge in [0, 0.05) is 38.0 Å². The van der Waals surface area contributed by atoms with Gasteiger partial charge in [-0.15, -0.1) is 0 Å². The van der Waals surface area contributed by atoms with Crippen molar-refractivity contribution in [1.82, 2.24) is 9.55 Å². The van der Waals surface area contributed by atoms with Crippen molar-refractivity contribution in [3.8, 4) is 0 Å². The van der Waals surface area contributed by atoms with Gasteiger partial charge in [-0.2, -0.15) is 0 Å². The first-order chi connectivity index (χ1) is 9.52. The van der Waals surface area contributed by atoms with Crippen LogP contribution in [0.1, 0.15) is 31.2 Å². The maximum Gasteiger partial charge on any atom is 0.292 e. The number of hydrogen-bond acceptors (Lipinski definition) is 4. The van der Waals surface area contributed by atoms with E-state index >= 15 is 0 Å². The average Bonchev–Trinajstić information content (AvgIpc) is 2.86. The van der Waals surface area contributed by atoms with Crippen LogP contribution in [0.25, 0.3) is 0 Å². The lowest BCUT2D eigenvalue weighted by Gasteiger charge is -2.11. The molecule has 0 unspecified atom stereocenters. The molecule has 0 radical (unpaired) electrons. The minimum absolute atomic E-state index is 0.0889. The third-order valence-corrected chi connectivity index (χ3v) is 3.14. The van der Waals surface area contributed by atoms with E-state index in [1.54, 1.807) is 19.3 Å². The van der Waals surface area contributed by atoms with E-state index in [1.807, 2.05) is 12.3 Å². The SMILES string of the molecule is CNc1cc(Cn2ccnc2C(C)C)ccc1[N+](=O)[O-]. The van der Waals surface area contributed by atoms with Gasteiger partial charge in [-0.3, -0.25) is 10.1 Å². The zero-order valence-corrected chi connectivity index (χ0v) is 11.8. The summed E-state index contributed by atoms with van der Waals surface area (Å²) in [5, 5.41) is 13.8. The monoisotopic (exact) mass is 274 g/mol. The fraction of sp³-hybridized carbons (Fsp3) is 0.357. The molecule has 6 heteroatoms. The molecule has 1 N–H and O–H groups in total. The molecule has 6 nitrogen and oxygen atoms in total. The van der Waals surface area contributed by atoms with E-state index in [0.29, 0.717) is 18.2 Å². The highest BCUT2D eigenvalue weighted by Gasteiger charge is 2.14. The summed E-state index contributed by atoms with van der Waals surface area (Å²) in [5.41, 5.74) is 1.62. The Morgan fingerprint density at radius 1 is 1.45 bits per heavy atom. The summed E-state index contributed by atoms with van der Waals surface area (Å²) in [6.07, 6.45) is 3.70. The van der Waals surface area contributed by atoms with Crippen molar-refractivity contribution in [1.29, 1.82) is 0 Å². The Labute approximate surface area is 117 Å². The fourth-order valence-electron chi connectivity index (χ4n) is 2.19. The first-order valence-electron chi connectivity index (χ1n) is 6.49. The Bertz CT molecular complexity index is 619. The first kappa shape index (κ1) is 14.0. The van der Waals surface area contributed by atoms with E-state index < -0.39 is 0 Å². The van der Waals surface area contributed by atoms with E-state index in [2.05, 4.69) is 28.7 Å². The molecule has 0 amide bonds. The van der Waals surface area contributed by atoms with Crippen LogP contribution in [0.15, 0.2) is 30.6 Å². The van der Waals surface area contributed by atoms with Crippen LogP contribution in [0.5, 0.6) is 0 Å². The van der Waals surface area contributed by atoms with Crippen molar-refractivity contribution in [2.24, 2.45) is 0 Å². The molecule has 0 spiro atoms. The van der Waals surface area contributed by atoms with Crippen molar-refractivity contribution >= 4 is 11.4 Å². The van der Waals surface area contributed by atoms with Crippen LogP contribution >= 0.6 is 0 Å². The molecule has 106 valence electrons. The van der Waals surface area contributed by atoms with Gasteiger partial charge in [-0.25, -0.2) is 4.98 Å². The van der Waals surface area contributed by atoms with Crippen LogP contribution in [0.2, 0.25) is 0 Å². The zero-order chi connectivity index (χ0) is 14.7. The highest BCUT2D eigenvalue weighted by molar-refractivity contribution is 5.62. The smallest absolute Gasteiger partial charge is 0.292 e. The number of benzene rings is 1. The number of nitrogens with zero attached hydrogens (tertiary/aromatic N) is 3. The Hall–Kier alpha value is -2.37. The molecule has 0 fully saturated rings. The Kier molecular flexibility index (Phi) is 4.02. The highest BCUT2D eigenvalue weighted by atomic mass is 16.6. The number of hydrogen-bond donors (Lipinski definition) is 1. The second-order valence-corrected chi connectivity index (χ2v) is 4.93. The number of nitrogens with one attached hydrogen (secondary N) is 1. The fourth-order valence-corrected chi connectivity index (χ4v) is 2.19. The molecule has 0 saturated carbocycles. The van der Waals surface area contributed by atoms with Gasteiger partial charge in [0.1, 0.15) is 11.5 Å². The Morgan fingerprint density at radius 2 is 2.20 bits per heavy atom. The Morgan fingerprint density at radius 3 is 2.80 bits per heavy atom. The van der Waals surface area contributed by atoms with Gasteiger partial charge in [-0.05, 0) is 11.6 Å². The van der Waals surface area contributed by atoms with E-state index in [-0.39, 0.29) is 10.6 Å². The molecule has 0 atom stereocenters. The standard InChI is InChI=1S/C14H18N4O2/c1-10(2)14-16-6-7-17(14)9-11-4-5-13(18(19)20)12(8-11)15-3/h4-8,10,15H,9H2,1-3H3. The molecule has 1 aromatic carbocycles. The molecule has 0 bridgehead atoms. The second-order valence-electron chi connectivity index (χ2n) is 4.93. The van der Waals surface area contributed by atoms with Crippen LogP contribution in [0.3, 0.4) is 0 Å². The van der Waals surface area contributed by atoms with Crippen LogP contribution in [-0.4, -0.2) is 21.5 Å². The quantitative estimate of drug-likeness (QED) is 0.672. The predicted octanol–water partition coefficient (Wildman–Crippen LogP) is 3.00. The lowest BCUT2D eigenvalue weighted by atomic mass is 10.1. The molecule has 2 rings (SSSR count). The number of imidazole rings is 1. The number of aromatic nitrogens is 2. The molecular weight excluding hydrogens is 256 g/mol. The average molecular weight is 274 g/mol. The van der Waals surface area contributed by atoms with Gasteiger partial charge in [0.2, 0.25) is 0 Å². The molecule has 0 saturated heterocycles. The van der Waals surface area contributed by atoms with Gasteiger partial charge >= 0.3 is 0 Å². The van der Waals surface area contributed by atoms with Gasteiger partial charge in [0.15, 0.2) is 0 Å². The minimum Gasteiger partial charge on any atom is -0.383 e. The summed E-state index contributed by atoms with van der Waals surface area (Å²) in [7, 11) is 1.68. The van der Waals surface area contributed by atoms with E-state index in [0.717, 1.165) is 11.4 Å². The lowest BCUT2D eigenvalue weighted by Crippen LogP contribution is -2.06. The van der Waals surface area contributed by atoms with Gasteiger partial charge in [0.05, 0.1) is 4.92 Å². The van der Waals surface area contributed by atoms with Crippen LogP contribution in [0.4, 0.5) is 11.4 Å². The maximum atomic E-state index is 10.9. The minimum atomic E-state index is -0.383. The number of nitro benzene ring substituents is 1. The van der Waals surface area contributed by atoms with E-state index in [1.165, 1.54) is 6.07 Å². The van der Waals surface area contributed by atoms with Gasteiger partial charge in [0.25, 0.3) is 5.69 Å². The molecule has 1 aromatic heterocycles. The normalized spacial score (nSPS) is 10.8. The largest absolute Gasteiger partial charge is 0.383 e. The first-order valence-corrected chi connectivity index (χ1v) is 6.49. The van der Waals surface area contributed by atoms with Gasteiger partial charge < -0.3 is 9.88 Å². The summed E-state index contributed by atoms with van der Waals surface area (Å²) >= 11 is 0. The van der Waals surface area contributed by atoms with Crippen LogP contribution in [-0.2, 0) is 6.54 Å². The summed E-state index contributed by atoms with van der Waals surface area (Å²) in [6.45, 7) is 4.83. The molecule has 0 aliphatic carbocycles. The molecular formula is C14H18N4O2. The summed E-state index contributed by atoms with van der Waals surface area (Å²) in [6, 6.07) is 5.12. The molecule has 20 heavy (non-hydrogen) atoms. The van der Waals surface area contributed by atoms with Crippen molar-refractivity contribution in [2.75, 3.05) is 12.4 Å². The number of anilines is 1. The van der Waals surface area contributed by atoms with Crippen LogP contribution in [0, 0.1) is 10.1 Å². The number of rotatable bonds is 5. The molecule has 0 aliphatic rings. The molecule has 0 aliphatic heterocycles. The van der Waals surface area contributed by atoms with Crippen molar-refractivity contribution in [2.45, 2.75) is 26.3 Å². The molecule has 1 heterocycles. The van der Waals surface area contributed by atoms with E-state index in [9.17, 15) is 10.1 Å². The summed E-state index contributed by atoms with van der Waals surface area (Å²) < 4.78 is 2.06. The lowest BCUT2D eigenvalue weighted by molar-refractivity contribution is -0.383. The zero-order valence-electron chi connectivity index (χ0n) is 11.8. The third kappa shape index (κ3) is 2.79. The summed E-state index contributed by atoms with van der Waals surface area (Å²) in [5.74, 6) is 1.35. The predicted molar refractivity (Wildman–Crippen MR) is 78.1 cm³/mol. The summed E-state index contributed by atoms with van der Waals surface area (Å²) in [4.78, 5) is 14.9. The topological polar surface area (TPSA) is 73.0 Å². The van der Waals surface area contributed by atoms with Crippen molar-refractivity contribution < 1.29 is 4.92 Å². The van der Waals surface area contributed by atoms with Gasteiger partial charge in [-0.1, -0.05) is 19.9 Å². The van der Waals surface area contributed by atoms with E-state index in [4.69, 9.17) is 0 Å². The third-order valence-electron chi connectivity index (χ3n) is 3.14. The second kappa shape index (κ2) is 5.73.